The first-order valence-corrected chi connectivity index (χ1v) is 14.3. The van der Waals surface area contributed by atoms with Crippen LogP contribution in [0.2, 0.25) is 0 Å². The van der Waals surface area contributed by atoms with Gasteiger partial charge in [0.25, 0.3) is 0 Å². The molecule has 3 heterocycles. The quantitative estimate of drug-likeness (QED) is 0.229. The first-order valence-electron chi connectivity index (χ1n) is 13.5. The van der Waals surface area contributed by atoms with Gasteiger partial charge in [-0.05, 0) is 58.3 Å². The molecule has 2 bridgehead atoms. The van der Waals surface area contributed by atoms with E-state index in [1.807, 2.05) is 11.8 Å². The molecule has 2 amide bonds. The molecule has 3 aliphatic rings. The Balaban J connectivity index is 2.08. The highest BCUT2D eigenvalue weighted by molar-refractivity contribution is 8.02. The standard InChI is InChI=1S/C29H46N2O5S/c1-9-15-31(27(6,7)19-26(3,4)5)24(34)22-29-14-13-28(8,37-29)21(25(35)36-18-10-2)20(29)23(33)30(22)16-11-12-17-32/h9-10,20-22,32H,1-2,11-19H2,3-8H3/t20-,21-,22?,28+,29?/m0/s1. The molecule has 8 heteroatoms. The third-order valence-electron chi connectivity index (χ3n) is 8.19. The fourth-order valence-electron chi connectivity index (χ4n) is 7.23. The molecule has 3 aliphatic heterocycles. The lowest BCUT2D eigenvalue weighted by atomic mass is 9.66. The number of carbonyl (C=O) groups is 3. The molecule has 37 heavy (non-hydrogen) atoms. The fraction of sp³-hybridized carbons (Fsp3) is 0.759. The second kappa shape index (κ2) is 10.8. The van der Waals surface area contributed by atoms with Crippen molar-refractivity contribution in [2.75, 3.05) is 26.3 Å². The number of likely N-dealkylation sites (tertiary alicyclic amines) is 1. The largest absolute Gasteiger partial charge is 0.461 e. The summed E-state index contributed by atoms with van der Waals surface area (Å²) in [5.41, 5.74) is -0.476. The van der Waals surface area contributed by atoms with Gasteiger partial charge < -0.3 is 19.6 Å². The molecule has 0 radical (unpaired) electrons. The van der Waals surface area contributed by atoms with Gasteiger partial charge in [0.2, 0.25) is 11.8 Å². The van der Waals surface area contributed by atoms with E-state index >= 15 is 0 Å². The highest BCUT2D eigenvalue weighted by Crippen LogP contribution is 2.71. The SMILES string of the molecule is C=CCOC(=O)[C@@H]1[C@H]2C(=O)N(CCCCO)C(C(=O)N(CC=C)C(C)(C)CC(C)(C)C)C23CC[C@@]1(C)S3. The topological polar surface area (TPSA) is 87.1 Å². The summed E-state index contributed by atoms with van der Waals surface area (Å²) in [6, 6.07) is -0.674. The van der Waals surface area contributed by atoms with Crippen molar-refractivity contribution in [1.29, 1.82) is 0 Å². The van der Waals surface area contributed by atoms with Gasteiger partial charge in [-0.25, -0.2) is 0 Å². The highest BCUT2D eigenvalue weighted by Gasteiger charge is 2.77. The number of ether oxygens (including phenoxy) is 1. The van der Waals surface area contributed by atoms with Crippen molar-refractivity contribution >= 4 is 29.5 Å². The lowest BCUT2D eigenvalue weighted by Gasteiger charge is -2.46. The molecular formula is C29H46N2O5S. The van der Waals surface area contributed by atoms with Gasteiger partial charge in [-0.15, -0.1) is 18.3 Å². The lowest BCUT2D eigenvalue weighted by molar-refractivity contribution is -0.154. The van der Waals surface area contributed by atoms with Crippen molar-refractivity contribution in [1.82, 2.24) is 9.80 Å². The van der Waals surface area contributed by atoms with Gasteiger partial charge in [0, 0.05) is 30.0 Å². The van der Waals surface area contributed by atoms with Crippen LogP contribution in [-0.2, 0) is 19.1 Å². The van der Waals surface area contributed by atoms with Crippen LogP contribution in [0.5, 0.6) is 0 Å². The molecule has 0 aromatic carbocycles. The number of rotatable bonds is 12. The van der Waals surface area contributed by atoms with Crippen molar-refractivity contribution in [2.24, 2.45) is 17.3 Å². The van der Waals surface area contributed by atoms with E-state index in [4.69, 9.17) is 4.74 Å². The maximum absolute atomic E-state index is 14.6. The molecule has 3 rings (SSSR count). The monoisotopic (exact) mass is 534 g/mol. The number of hydrogen-bond donors (Lipinski definition) is 1. The molecule has 5 atom stereocenters. The molecule has 0 aromatic rings. The predicted octanol–water partition coefficient (Wildman–Crippen LogP) is 4.20. The smallest absolute Gasteiger partial charge is 0.311 e. The molecule has 1 spiro atoms. The highest BCUT2D eigenvalue weighted by atomic mass is 32.2. The normalized spacial score (nSPS) is 30.8. The predicted molar refractivity (Wildman–Crippen MR) is 148 cm³/mol. The number of hydrogen-bond acceptors (Lipinski definition) is 6. The summed E-state index contributed by atoms with van der Waals surface area (Å²) >= 11 is 1.65. The van der Waals surface area contributed by atoms with Gasteiger partial charge in [-0.2, -0.15) is 0 Å². The van der Waals surface area contributed by atoms with E-state index in [0.29, 0.717) is 32.4 Å². The van der Waals surface area contributed by atoms with Crippen LogP contribution in [0.3, 0.4) is 0 Å². The van der Waals surface area contributed by atoms with Crippen LogP contribution in [0.25, 0.3) is 0 Å². The zero-order valence-electron chi connectivity index (χ0n) is 23.5. The molecule has 7 nitrogen and oxygen atoms in total. The number of fused-ring (bicyclic) bond motifs is 1. The van der Waals surface area contributed by atoms with E-state index in [-0.39, 0.29) is 36.4 Å². The van der Waals surface area contributed by atoms with E-state index in [9.17, 15) is 19.5 Å². The molecule has 0 aromatic heterocycles. The minimum absolute atomic E-state index is 0.00955. The van der Waals surface area contributed by atoms with Gasteiger partial charge >= 0.3 is 5.97 Å². The summed E-state index contributed by atoms with van der Waals surface area (Å²) in [4.78, 5) is 45.6. The first-order chi connectivity index (χ1) is 17.2. The summed E-state index contributed by atoms with van der Waals surface area (Å²) in [6.45, 7) is 21.1. The van der Waals surface area contributed by atoms with Crippen LogP contribution in [-0.4, -0.2) is 80.1 Å². The number of aliphatic hydroxyl groups excluding tert-OH is 1. The Morgan fingerprint density at radius 3 is 2.43 bits per heavy atom. The molecule has 2 unspecified atom stereocenters. The Morgan fingerprint density at radius 2 is 1.86 bits per heavy atom. The molecular weight excluding hydrogens is 488 g/mol. The third kappa shape index (κ3) is 5.38. The average Bonchev–Trinajstić information content (AvgIpc) is 3.35. The second-order valence-electron chi connectivity index (χ2n) is 12.9. The summed E-state index contributed by atoms with van der Waals surface area (Å²) in [5, 5.41) is 9.39. The molecule has 3 fully saturated rings. The fourth-order valence-corrected chi connectivity index (χ4v) is 9.57. The number of unbranched alkanes of at least 4 members (excludes halogenated alkanes) is 1. The Morgan fingerprint density at radius 1 is 1.19 bits per heavy atom. The molecule has 0 aliphatic carbocycles. The van der Waals surface area contributed by atoms with Crippen LogP contribution in [0.15, 0.2) is 25.3 Å². The number of carbonyl (C=O) groups excluding carboxylic acids is 3. The number of thioether (sulfide) groups is 1. The van der Waals surface area contributed by atoms with Gasteiger partial charge in [0.05, 0.1) is 16.6 Å². The lowest BCUT2D eigenvalue weighted by Crippen LogP contribution is -2.60. The van der Waals surface area contributed by atoms with Crippen molar-refractivity contribution in [3.8, 4) is 0 Å². The van der Waals surface area contributed by atoms with Crippen molar-refractivity contribution in [3.63, 3.8) is 0 Å². The van der Waals surface area contributed by atoms with Crippen molar-refractivity contribution < 1.29 is 24.2 Å². The molecule has 0 saturated carbocycles. The van der Waals surface area contributed by atoms with Gasteiger partial charge in [0.1, 0.15) is 12.6 Å². The van der Waals surface area contributed by atoms with Crippen LogP contribution in [0.1, 0.15) is 73.6 Å². The summed E-state index contributed by atoms with van der Waals surface area (Å²) in [7, 11) is 0. The average molecular weight is 535 g/mol. The molecule has 1 N–H and O–H groups in total. The van der Waals surface area contributed by atoms with E-state index in [1.54, 1.807) is 22.7 Å². The van der Waals surface area contributed by atoms with E-state index in [2.05, 4.69) is 47.8 Å². The van der Waals surface area contributed by atoms with Crippen LogP contribution in [0, 0.1) is 17.3 Å². The third-order valence-corrected chi connectivity index (χ3v) is 10.2. The van der Waals surface area contributed by atoms with E-state index < -0.39 is 32.9 Å². The number of aliphatic hydroxyl groups is 1. The van der Waals surface area contributed by atoms with Gasteiger partial charge in [-0.3, -0.25) is 14.4 Å². The Hall–Kier alpha value is -1.80. The van der Waals surface area contributed by atoms with Crippen LogP contribution in [0.4, 0.5) is 0 Å². The van der Waals surface area contributed by atoms with Gasteiger partial charge in [0.15, 0.2) is 0 Å². The number of amides is 2. The van der Waals surface area contributed by atoms with Crippen LogP contribution >= 0.6 is 11.8 Å². The minimum Gasteiger partial charge on any atom is -0.461 e. The van der Waals surface area contributed by atoms with E-state index in [0.717, 1.165) is 12.8 Å². The van der Waals surface area contributed by atoms with Crippen LogP contribution < -0.4 is 0 Å². The summed E-state index contributed by atoms with van der Waals surface area (Å²) in [6.07, 6.45) is 6.65. The van der Waals surface area contributed by atoms with Crippen molar-refractivity contribution in [3.05, 3.63) is 25.3 Å². The summed E-state index contributed by atoms with van der Waals surface area (Å²) in [5.74, 6) is -1.81. The first kappa shape index (κ1) is 29.8. The number of esters is 1. The Bertz CT molecular complexity index is 928. The van der Waals surface area contributed by atoms with Crippen molar-refractivity contribution in [2.45, 2.75) is 94.7 Å². The number of nitrogens with zero attached hydrogens (tertiary/aromatic N) is 2. The maximum Gasteiger partial charge on any atom is 0.311 e. The Labute approximate surface area is 227 Å². The zero-order chi connectivity index (χ0) is 27.8. The van der Waals surface area contributed by atoms with Gasteiger partial charge in [-0.1, -0.05) is 39.5 Å². The summed E-state index contributed by atoms with van der Waals surface area (Å²) < 4.78 is 4.34. The zero-order valence-corrected chi connectivity index (χ0v) is 24.4. The van der Waals surface area contributed by atoms with E-state index in [1.165, 1.54) is 6.08 Å². The second-order valence-corrected chi connectivity index (χ2v) is 14.8. The Kier molecular flexibility index (Phi) is 8.65. The molecule has 3 saturated heterocycles. The molecule has 208 valence electrons. The minimum atomic E-state index is -0.683. The maximum atomic E-state index is 14.6.